The number of unbranched alkanes of at least 4 members (excludes halogenated alkanes) is 1. The summed E-state index contributed by atoms with van der Waals surface area (Å²) in [6.07, 6.45) is 12.1. The van der Waals surface area contributed by atoms with E-state index in [0.717, 1.165) is 88.9 Å². The third-order valence-electron chi connectivity index (χ3n) is 10.7. The lowest BCUT2D eigenvalue weighted by Crippen LogP contribution is -2.45. The van der Waals surface area contributed by atoms with Crippen molar-refractivity contribution in [2.24, 2.45) is 5.92 Å². The number of benzene rings is 2. The minimum atomic E-state index is -0.688. The maximum absolute atomic E-state index is 13.4. The predicted octanol–water partition coefficient (Wildman–Crippen LogP) is 8.13. The molecule has 3 heterocycles. The number of hydrogen-bond donors (Lipinski definition) is 1. The Morgan fingerprint density at radius 3 is 2.35 bits per heavy atom. The molecule has 0 bridgehead atoms. The van der Waals surface area contributed by atoms with Gasteiger partial charge in [-0.05, 0) is 125 Å². The number of piperidine rings is 1. The first-order valence-corrected chi connectivity index (χ1v) is 18.5. The van der Waals surface area contributed by atoms with Crippen LogP contribution in [0.4, 0.5) is 4.39 Å². The van der Waals surface area contributed by atoms with Gasteiger partial charge in [0, 0.05) is 31.1 Å². The average Bonchev–Trinajstić information content (AvgIpc) is 3.74. The SMILES string of the molecule is CCCCOc1ccc(Cc2cc(C3CCN(C)CC3)n(CC)n2)cc1.O=C(O)C(C1CCCCC1)N1CCC(c2cccc(F)c2)C1. The molecular weight excluding hydrogens is 603 g/mol. The fourth-order valence-electron chi connectivity index (χ4n) is 7.88. The van der Waals surface area contributed by atoms with Gasteiger partial charge in [0.1, 0.15) is 17.6 Å². The summed E-state index contributed by atoms with van der Waals surface area (Å²) in [6.45, 7) is 10.0. The molecule has 2 saturated heterocycles. The number of likely N-dealkylation sites (tertiary alicyclic amines) is 2. The highest BCUT2D eigenvalue weighted by atomic mass is 19.1. The predicted molar refractivity (Wildman–Crippen MR) is 190 cm³/mol. The number of carboxylic acids is 1. The van der Waals surface area contributed by atoms with Crippen molar-refractivity contribution < 1.29 is 19.0 Å². The molecule has 0 radical (unpaired) electrons. The third kappa shape index (κ3) is 9.91. The Balaban J connectivity index is 0.000000190. The van der Waals surface area contributed by atoms with Gasteiger partial charge in [-0.1, -0.05) is 56.9 Å². The minimum Gasteiger partial charge on any atom is -0.494 e. The van der Waals surface area contributed by atoms with E-state index in [2.05, 4.69) is 65.7 Å². The molecule has 1 aromatic heterocycles. The van der Waals surface area contributed by atoms with Crippen LogP contribution in [0.5, 0.6) is 5.75 Å². The number of nitrogens with zero attached hydrogens (tertiary/aromatic N) is 4. The molecule has 3 aliphatic rings. The second-order valence-electron chi connectivity index (χ2n) is 14.2. The summed E-state index contributed by atoms with van der Waals surface area (Å²) in [7, 11) is 2.22. The normalized spacial score (nSPS) is 20.3. The Labute approximate surface area is 287 Å². The van der Waals surface area contributed by atoms with Gasteiger partial charge in [0.2, 0.25) is 0 Å². The number of carboxylic acid groups (broad SMARTS) is 1. The van der Waals surface area contributed by atoms with Crippen LogP contribution in [0.1, 0.15) is 112 Å². The molecule has 0 spiro atoms. The lowest BCUT2D eigenvalue weighted by molar-refractivity contribution is -0.145. The Morgan fingerprint density at radius 2 is 1.69 bits per heavy atom. The Kier molecular flexibility index (Phi) is 13.5. The molecule has 2 aliphatic heterocycles. The number of hydrogen-bond acceptors (Lipinski definition) is 5. The molecule has 262 valence electrons. The second-order valence-corrected chi connectivity index (χ2v) is 14.2. The van der Waals surface area contributed by atoms with Gasteiger partial charge in [0.25, 0.3) is 0 Å². The number of carbonyl (C=O) groups is 1. The van der Waals surface area contributed by atoms with Gasteiger partial charge in [-0.2, -0.15) is 5.10 Å². The molecule has 3 fully saturated rings. The van der Waals surface area contributed by atoms with E-state index in [0.29, 0.717) is 5.92 Å². The van der Waals surface area contributed by atoms with E-state index in [9.17, 15) is 14.3 Å². The molecule has 7 nitrogen and oxygen atoms in total. The number of ether oxygens (including phenoxy) is 1. The minimum absolute atomic E-state index is 0.210. The summed E-state index contributed by atoms with van der Waals surface area (Å²) in [5.74, 6) is 1.25. The van der Waals surface area contributed by atoms with E-state index < -0.39 is 5.97 Å². The molecule has 2 aromatic carbocycles. The molecule has 3 aromatic rings. The largest absolute Gasteiger partial charge is 0.494 e. The van der Waals surface area contributed by atoms with Gasteiger partial charge in [-0.25, -0.2) is 4.39 Å². The van der Waals surface area contributed by atoms with E-state index in [-0.39, 0.29) is 23.7 Å². The summed E-state index contributed by atoms with van der Waals surface area (Å²) in [4.78, 5) is 16.3. The van der Waals surface area contributed by atoms with Crippen LogP contribution in [-0.2, 0) is 17.8 Å². The molecule has 6 rings (SSSR count). The molecule has 2 atom stereocenters. The number of halogens is 1. The van der Waals surface area contributed by atoms with E-state index in [1.807, 2.05) is 6.07 Å². The summed E-state index contributed by atoms with van der Waals surface area (Å²) < 4.78 is 21.4. The average molecular weight is 661 g/mol. The molecule has 1 aliphatic carbocycles. The third-order valence-corrected chi connectivity index (χ3v) is 10.7. The standard InChI is InChI=1S/C22H33N3O.C18H24FNO2/c1-4-6-15-26-21-9-7-18(8-10-21)16-20-17-22(25(5-2)23-20)19-11-13-24(3)14-12-19;19-16-8-4-7-14(11-16)15-9-10-20(12-15)17(18(21)22)13-5-2-1-3-6-13/h7-10,17,19H,4-6,11-16H2,1-3H3;4,7-8,11,13,15,17H,1-3,5-6,9-10,12H2,(H,21,22). The molecule has 1 N–H and O–H groups in total. The van der Waals surface area contributed by atoms with Crippen LogP contribution in [-0.4, -0.2) is 76.5 Å². The smallest absolute Gasteiger partial charge is 0.321 e. The molecule has 8 heteroatoms. The highest BCUT2D eigenvalue weighted by Gasteiger charge is 2.38. The first kappa shape index (κ1) is 36.1. The molecule has 48 heavy (non-hydrogen) atoms. The topological polar surface area (TPSA) is 70.8 Å². The zero-order chi connectivity index (χ0) is 33.9. The molecule has 0 amide bonds. The van der Waals surface area contributed by atoms with Crippen LogP contribution in [0.15, 0.2) is 54.6 Å². The van der Waals surface area contributed by atoms with Gasteiger partial charge >= 0.3 is 5.97 Å². The van der Waals surface area contributed by atoms with Gasteiger partial charge in [-0.15, -0.1) is 0 Å². The quantitative estimate of drug-likeness (QED) is 0.198. The zero-order valence-electron chi connectivity index (χ0n) is 29.5. The van der Waals surface area contributed by atoms with Crippen LogP contribution < -0.4 is 4.74 Å². The summed E-state index contributed by atoms with van der Waals surface area (Å²) in [5, 5.41) is 14.6. The first-order valence-electron chi connectivity index (χ1n) is 18.5. The lowest BCUT2D eigenvalue weighted by Gasteiger charge is -2.33. The fraction of sp³-hybridized carbons (Fsp3) is 0.600. The first-order chi connectivity index (χ1) is 23.3. The maximum Gasteiger partial charge on any atom is 0.321 e. The van der Waals surface area contributed by atoms with E-state index in [1.165, 1.54) is 55.4 Å². The Morgan fingerprint density at radius 1 is 0.958 bits per heavy atom. The van der Waals surface area contributed by atoms with Gasteiger partial charge in [0.15, 0.2) is 0 Å². The van der Waals surface area contributed by atoms with Crippen LogP contribution in [0, 0.1) is 11.7 Å². The van der Waals surface area contributed by atoms with Crippen LogP contribution in [0.3, 0.4) is 0 Å². The van der Waals surface area contributed by atoms with Crippen LogP contribution in [0.25, 0.3) is 0 Å². The monoisotopic (exact) mass is 660 g/mol. The van der Waals surface area contributed by atoms with Crippen molar-refractivity contribution >= 4 is 5.97 Å². The van der Waals surface area contributed by atoms with E-state index in [4.69, 9.17) is 9.84 Å². The zero-order valence-corrected chi connectivity index (χ0v) is 29.5. The van der Waals surface area contributed by atoms with Crippen molar-refractivity contribution in [3.8, 4) is 5.75 Å². The highest BCUT2D eigenvalue weighted by Crippen LogP contribution is 2.35. The van der Waals surface area contributed by atoms with Crippen LogP contribution >= 0.6 is 0 Å². The Bertz CT molecular complexity index is 1410. The number of aliphatic carboxylic acids is 1. The van der Waals surface area contributed by atoms with Gasteiger partial charge < -0.3 is 14.7 Å². The van der Waals surface area contributed by atoms with Crippen LogP contribution in [0.2, 0.25) is 0 Å². The summed E-state index contributed by atoms with van der Waals surface area (Å²) in [5.41, 5.74) is 4.90. The lowest BCUT2D eigenvalue weighted by atomic mass is 9.83. The van der Waals surface area contributed by atoms with E-state index >= 15 is 0 Å². The number of aromatic nitrogens is 2. The van der Waals surface area contributed by atoms with Crippen molar-refractivity contribution in [2.75, 3.05) is 39.8 Å². The van der Waals surface area contributed by atoms with E-state index in [1.54, 1.807) is 12.1 Å². The maximum atomic E-state index is 13.4. The van der Waals surface area contributed by atoms with Gasteiger partial charge in [-0.3, -0.25) is 14.4 Å². The second kappa shape index (κ2) is 18.0. The number of rotatable bonds is 12. The van der Waals surface area contributed by atoms with Crippen molar-refractivity contribution in [3.63, 3.8) is 0 Å². The molecule has 1 saturated carbocycles. The van der Waals surface area contributed by atoms with Crippen molar-refractivity contribution in [1.82, 2.24) is 19.6 Å². The van der Waals surface area contributed by atoms with Crippen molar-refractivity contribution in [2.45, 2.75) is 109 Å². The summed E-state index contributed by atoms with van der Waals surface area (Å²) >= 11 is 0. The number of aryl methyl sites for hydroxylation is 1. The molecular formula is C40H57FN4O3. The van der Waals surface area contributed by atoms with Crippen molar-refractivity contribution in [1.29, 1.82) is 0 Å². The molecule has 2 unspecified atom stereocenters. The van der Waals surface area contributed by atoms with Gasteiger partial charge in [0.05, 0.1) is 12.3 Å². The Hall–Kier alpha value is -3.23. The highest BCUT2D eigenvalue weighted by molar-refractivity contribution is 5.74. The summed E-state index contributed by atoms with van der Waals surface area (Å²) in [6, 6.07) is 17.2. The fourth-order valence-corrected chi connectivity index (χ4v) is 7.88. The van der Waals surface area contributed by atoms with Crippen molar-refractivity contribution in [3.05, 3.63) is 82.9 Å².